The molecule has 0 radical (unpaired) electrons. The molecule has 6 heteroatoms. The molecule has 0 fully saturated rings. The molecule has 2 rings (SSSR count). The first-order valence-electron chi connectivity index (χ1n) is 6.59. The van der Waals surface area contributed by atoms with E-state index in [1.165, 1.54) is 0 Å². The molecule has 1 aromatic heterocycles. The minimum atomic E-state index is 0.662. The van der Waals surface area contributed by atoms with Crippen LogP contribution in [0.15, 0.2) is 24.4 Å². The summed E-state index contributed by atoms with van der Waals surface area (Å²) in [5.41, 5.74) is 2.06. The number of aryl methyl sites for hydroxylation is 1. The van der Waals surface area contributed by atoms with Gasteiger partial charge in [-0.25, -0.2) is 0 Å². The predicted molar refractivity (Wildman–Crippen MR) is 81.9 cm³/mol. The van der Waals surface area contributed by atoms with Crippen molar-refractivity contribution in [3.8, 4) is 0 Å². The van der Waals surface area contributed by atoms with E-state index in [4.69, 9.17) is 23.2 Å². The predicted octanol–water partition coefficient (Wildman–Crippen LogP) is 3.63. The number of benzene rings is 1. The molecule has 0 aliphatic rings. The molecular weight excluding hydrogens is 295 g/mol. The summed E-state index contributed by atoms with van der Waals surface area (Å²) >= 11 is 12.0. The van der Waals surface area contributed by atoms with Crippen molar-refractivity contribution < 1.29 is 0 Å². The van der Waals surface area contributed by atoms with Crippen LogP contribution >= 0.6 is 23.2 Å². The van der Waals surface area contributed by atoms with E-state index < -0.39 is 0 Å². The Bertz CT molecular complexity index is 548. The van der Waals surface area contributed by atoms with Crippen molar-refractivity contribution >= 4 is 23.2 Å². The average molecular weight is 313 g/mol. The Labute approximate surface area is 129 Å². The van der Waals surface area contributed by atoms with E-state index in [0.717, 1.165) is 37.3 Å². The second-order valence-electron chi connectivity index (χ2n) is 4.92. The topological polar surface area (TPSA) is 34.0 Å². The highest BCUT2D eigenvalue weighted by atomic mass is 35.5. The average Bonchev–Trinajstić information content (AvgIpc) is 2.75. The van der Waals surface area contributed by atoms with Crippen LogP contribution in [0.1, 0.15) is 24.6 Å². The summed E-state index contributed by atoms with van der Waals surface area (Å²) in [4.78, 5) is 2.16. The van der Waals surface area contributed by atoms with Crippen LogP contribution in [0.2, 0.25) is 10.0 Å². The lowest BCUT2D eigenvalue weighted by molar-refractivity contribution is 0.315. The number of halogens is 2. The SMILES string of the molecule is CCCn1cc(CN(C)Cc2cc(Cl)cc(Cl)c2)nn1. The zero-order chi connectivity index (χ0) is 14.5. The summed E-state index contributed by atoms with van der Waals surface area (Å²) in [6.07, 6.45) is 3.05. The molecule has 0 N–H and O–H groups in total. The fourth-order valence-corrected chi connectivity index (χ4v) is 2.67. The molecule has 4 nitrogen and oxygen atoms in total. The third-order valence-electron chi connectivity index (χ3n) is 2.85. The zero-order valence-electron chi connectivity index (χ0n) is 11.7. The number of hydrogen-bond acceptors (Lipinski definition) is 3. The van der Waals surface area contributed by atoms with Gasteiger partial charge in [0, 0.05) is 35.9 Å². The van der Waals surface area contributed by atoms with Crippen molar-refractivity contribution in [1.82, 2.24) is 19.9 Å². The largest absolute Gasteiger partial charge is 0.296 e. The molecule has 0 saturated carbocycles. The van der Waals surface area contributed by atoms with Gasteiger partial charge in [0.25, 0.3) is 0 Å². The maximum atomic E-state index is 6.00. The first-order valence-corrected chi connectivity index (χ1v) is 7.35. The van der Waals surface area contributed by atoms with Gasteiger partial charge in [-0.3, -0.25) is 9.58 Å². The van der Waals surface area contributed by atoms with Gasteiger partial charge in [0.2, 0.25) is 0 Å². The van der Waals surface area contributed by atoms with Crippen LogP contribution in [0.25, 0.3) is 0 Å². The monoisotopic (exact) mass is 312 g/mol. The van der Waals surface area contributed by atoms with Crippen LogP contribution in [0.4, 0.5) is 0 Å². The molecule has 0 aliphatic carbocycles. The van der Waals surface area contributed by atoms with E-state index in [1.807, 2.05) is 30.1 Å². The van der Waals surface area contributed by atoms with Gasteiger partial charge in [-0.15, -0.1) is 5.10 Å². The molecule has 2 aromatic rings. The molecule has 0 saturated heterocycles. The molecular formula is C14H18Cl2N4. The lowest BCUT2D eigenvalue weighted by atomic mass is 10.2. The molecule has 1 aromatic carbocycles. The van der Waals surface area contributed by atoms with Crippen molar-refractivity contribution in [2.75, 3.05) is 7.05 Å². The van der Waals surface area contributed by atoms with Gasteiger partial charge >= 0.3 is 0 Å². The molecule has 0 spiro atoms. The minimum Gasteiger partial charge on any atom is -0.296 e. The van der Waals surface area contributed by atoms with Gasteiger partial charge in [-0.1, -0.05) is 35.3 Å². The molecule has 0 amide bonds. The zero-order valence-corrected chi connectivity index (χ0v) is 13.2. The Balaban J connectivity index is 1.95. The molecule has 1 heterocycles. The van der Waals surface area contributed by atoms with Gasteiger partial charge in [0.05, 0.1) is 5.69 Å². The maximum Gasteiger partial charge on any atom is 0.0967 e. The van der Waals surface area contributed by atoms with E-state index in [-0.39, 0.29) is 0 Å². The first-order chi connectivity index (χ1) is 9.56. The van der Waals surface area contributed by atoms with Gasteiger partial charge < -0.3 is 0 Å². The number of aromatic nitrogens is 3. The van der Waals surface area contributed by atoms with Crippen molar-refractivity contribution in [3.05, 3.63) is 45.7 Å². The van der Waals surface area contributed by atoms with Crippen LogP contribution in [-0.2, 0) is 19.6 Å². The van der Waals surface area contributed by atoms with Gasteiger partial charge in [0.1, 0.15) is 0 Å². The minimum absolute atomic E-state index is 0.662. The lowest BCUT2D eigenvalue weighted by Crippen LogP contribution is -2.17. The Morgan fingerprint density at radius 2 is 1.85 bits per heavy atom. The molecule has 0 unspecified atom stereocenters. The smallest absolute Gasteiger partial charge is 0.0967 e. The highest BCUT2D eigenvalue weighted by Crippen LogP contribution is 2.20. The first kappa shape index (κ1) is 15.3. The van der Waals surface area contributed by atoms with Crippen molar-refractivity contribution in [1.29, 1.82) is 0 Å². The van der Waals surface area contributed by atoms with Crippen molar-refractivity contribution in [2.24, 2.45) is 0 Å². The Hall–Kier alpha value is -1.10. The molecule has 0 atom stereocenters. The number of hydrogen-bond donors (Lipinski definition) is 0. The second-order valence-corrected chi connectivity index (χ2v) is 5.80. The van der Waals surface area contributed by atoms with Gasteiger partial charge in [-0.05, 0) is 37.2 Å². The normalized spacial score (nSPS) is 11.2. The van der Waals surface area contributed by atoms with Crippen LogP contribution in [0, 0.1) is 0 Å². The Kier molecular flexibility index (Phi) is 5.40. The van der Waals surface area contributed by atoms with Crippen LogP contribution < -0.4 is 0 Å². The van der Waals surface area contributed by atoms with Gasteiger partial charge in [-0.2, -0.15) is 0 Å². The van der Waals surface area contributed by atoms with Gasteiger partial charge in [0.15, 0.2) is 0 Å². The van der Waals surface area contributed by atoms with E-state index in [0.29, 0.717) is 10.0 Å². The number of rotatable bonds is 6. The standard InChI is InChI=1S/C14H18Cl2N4/c1-3-4-20-10-14(17-18-20)9-19(2)8-11-5-12(15)7-13(16)6-11/h5-7,10H,3-4,8-9H2,1-2H3. The van der Waals surface area contributed by atoms with E-state index >= 15 is 0 Å². The third kappa shape index (κ3) is 4.47. The van der Waals surface area contributed by atoms with E-state index in [2.05, 4.69) is 22.1 Å². The summed E-state index contributed by atoms with van der Waals surface area (Å²) in [6.45, 7) is 4.53. The second kappa shape index (κ2) is 7.07. The maximum absolute atomic E-state index is 6.00. The molecule has 0 bridgehead atoms. The quantitative estimate of drug-likeness (QED) is 0.817. The van der Waals surface area contributed by atoms with Crippen LogP contribution in [0.3, 0.4) is 0 Å². The molecule has 20 heavy (non-hydrogen) atoms. The fourth-order valence-electron chi connectivity index (χ4n) is 2.10. The molecule has 0 aliphatic heterocycles. The summed E-state index contributed by atoms with van der Waals surface area (Å²) in [6, 6.07) is 5.60. The van der Waals surface area contributed by atoms with Crippen molar-refractivity contribution in [2.45, 2.75) is 33.0 Å². The van der Waals surface area contributed by atoms with Crippen LogP contribution in [-0.4, -0.2) is 26.9 Å². The van der Waals surface area contributed by atoms with Crippen LogP contribution in [0.5, 0.6) is 0 Å². The van der Waals surface area contributed by atoms with E-state index in [1.54, 1.807) is 6.07 Å². The Morgan fingerprint density at radius 3 is 2.50 bits per heavy atom. The third-order valence-corrected chi connectivity index (χ3v) is 3.28. The summed E-state index contributed by atoms with van der Waals surface area (Å²) in [5, 5.41) is 9.59. The summed E-state index contributed by atoms with van der Waals surface area (Å²) in [7, 11) is 2.04. The Morgan fingerprint density at radius 1 is 1.15 bits per heavy atom. The summed E-state index contributed by atoms with van der Waals surface area (Å²) < 4.78 is 1.87. The van der Waals surface area contributed by atoms with E-state index in [9.17, 15) is 0 Å². The molecule has 108 valence electrons. The number of nitrogens with zero attached hydrogens (tertiary/aromatic N) is 4. The lowest BCUT2D eigenvalue weighted by Gasteiger charge is -2.15. The summed E-state index contributed by atoms with van der Waals surface area (Å²) in [5.74, 6) is 0. The fraction of sp³-hybridized carbons (Fsp3) is 0.429. The highest BCUT2D eigenvalue weighted by molar-refractivity contribution is 6.34. The highest BCUT2D eigenvalue weighted by Gasteiger charge is 2.07. The van der Waals surface area contributed by atoms with Crippen molar-refractivity contribution in [3.63, 3.8) is 0 Å².